The molecule has 0 bridgehead atoms. The van der Waals surface area contributed by atoms with Crippen molar-refractivity contribution < 1.29 is 9.90 Å². The zero-order valence-corrected chi connectivity index (χ0v) is 12.6. The van der Waals surface area contributed by atoms with E-state index in [-0.39, 0.29) is 0 Å². The molecule has 4 nitrogen and oxygen atoms in total. The van der Waals surface area contributed by atoms with Crippen LogP contribution in [0.1, 0.15) is 41.6 Å². The van der Waals surface area contributed by atoms with E-state index in [4.69, 9.17) is 0 Å². The van der Waals surface area contributed by atoms with E-state index < -0.39 is 5.97 Å². The molecular formula is C17H24N2O2. The SMILES string of the molecule is O=C(O)c1cccc2c1CCCN2CCN1CCCCC1. The quantitative estimate of drug-likeness (QED) is 0.925. The van der Waals surface area contributed by atoms with Crippen LogP contribution in [0.3, 0.4) is 0 Å². The van der Waals surface area contributed by atoms with Crippen molar-refractivity contribution in [3.8, 4) is 0 Å². The van der Waals surface area contributed by atoms with Gasteiger partial charge in [-0.05, 0) is 56.5 Å². The molecule has 1 aromatic rings. The van der Waals surface area contributed by atoms with E-state index in [2.05, 4.69) is 15.9 Å². The molecule has 1 fully saturated rings. The largest absolute Gasteiger partial charge is 0.478 e. The van der Waals surface area contributed by atoms with Gasteiger partial charge in [-0.15, -0.1) is 0 Å². The fraction of sp³-hybridized carbons (Fsp3) is 0.588. The molecule has 1 aromatic carbocycles. The molecule has 4 heteroatoms. The third kappa shape index (κ3) is 3.21. The lowest BCUT2D eigenvalue weighted by Crippen LogP contribution is -2.40. The second-order valence-corrected chi connectivity index (χ2v) is 6.10. The van der Waals surface area contributed by atoms with Gasteiger partial charge in [0.1, 0.15) is 0 Å². The van der Waals surface area contributed by atoms with E-state index in [1.807, 2.05) is 6.07 Å². The van der Waals surface area contributed by atoms with Gasteiger partial charge in [0.05, 0.1) is 5.56 Å². The van der Waals surface area contributed by atoms with Crippen molar-refractivity contribution in [2.75, 3.05) is 37.6 Å². The van der Waals surface area contributed by atoms with E-state index in [1.54, 1.807) is 6.07 Å². The first kappa shape index (κ1) is 14.4. The number of nitrogens with zero attached hydrogens (tertiary/aromatic N) is 2. The Morgan fingerprint density at radius 1 is 1.05 bits per heavy atom. The Kier molecular flexibility index (Phi) is 4.44. The zero-order chi connectivity index (χ0) is 14.7. The second kappa shape index (κ2) is 6.48. The topological polar surface area (TPSA) is 43.8 Å². The molecule has 3 rings (SSSR count). The van der Waals surface area contributed by atoms with Crippen LogP contribution in [0.2, 0.25) is 0 Å². The third-order valence-corrected chi connectivity index (χ3v) is 4.71. The molecule has 0 radical (unpaired) electrons. The lowest BCUT2D eigenvalue weighted by molar-refractivity contribution is 0.0695. The van der Waals surface area contributed by atoms with Crippen molar-refractivity contribution in [2.24, 2.45) is 0 Å². The van der Waals surface area contributed by atoms with Crippen molar-refractivity contribution in [2.45, 2.75) is 32.1 Å². The van der Waals surface area contributed by atoms with Crippen LogP contribution < -0.4 is 4.90 Å². The molecule has 0 aromatic heterocycles. The minimum Gasteiger partial charge on any atom is -0.478 e. The Bertz CT molecular complexity index is 510. The van der Waals surface area contributed by atoms with Gasteiger partial charge in [-0.25, -0.2) is 4.79 Å². The standard InChI is InChI=1S/C17H24N2O2/c20-17(21)15-6-4-8-16-14(15)7-5-11-19(16)13-12-18-9-2-1-3-10-18/h4,6,8H,1-3,5,7,9-13H2,(H,20,21). The van der Waals surface area contributed by atoms with Gasteiger partial charge in [-0.1, -0.05) is 12.5 Å². The molecular weight excluding hydrogens is 264 g/mol. The first-order valence-corrected chi connectivity index (χ1v) is 8.08. The highest BCUT2D eigenvalue weighted by atomic mass is 16.4. The van der Waals surface area contributed by atoms with Crippen LogP contribution in [0.15, 0.2) is 18.2 Å². The van der Waals surface area contributed by atoms with E-state index in [1.165, 1.54) is 32.4 Å². The molecule has 0 aliphatic carbocycles. The first-order chi connectivity index (χ1) is 10.3. The first-order valence-electron chi connectivity index (χ1n) is 8.08. The third-order valence-electron chi connectivity index (χ3n) is 4.71. The van der Waals surface area contributed by atoms with Gasteiger partial charge in [0, 0.05) is 25.3 Å². The van der Waals surface area contributed by atoms with Gasteiger partial charge in [-0.3, -0.25) is 0 Å². The van der Waals surface area contributed by atoms with E-state index >= 15 is 0 Å². The number of anilines is 1. The van der Waals surface area contributed by atoms with Crippen molar-refractivity contribution in [1.29, 1.82) is 0 Å². The zero-order valence-electron chi connectivity index (χ0n) is 12.6. The Labute approximate surface area is 126 Å². The predicted molar refractivity (Wildman–Crippen MR) is 84.2 cm³/mol. The van der Waals surface area contributed by atoms with Gasteiger partial charge in [0.25, 0.3) is 0 Å². The molecule has 0 amide bonds. The number of hydrogen-bond acceptors (Lipinski definition) is 3. The number of aromatic carboxylic acids is 1. The summed E-state index contributed by atoms with van der Waals surface area (Å²) >= 11 is 0. The second-order valence-electron chi connectivity index (χ2n) is 6.10. The minimum absolute atomic E-state index is 0.482. The number of carbonyl (C=O) groups is 1. The van der Waals surface area contributed by atoms with Gasteiger partial charge in [0.2, 0.25) is 0 Å². The fourth-order valence-corrected chi connectivity index (χ4v) is 3.58. The maximum Gasteiger partial charge on any atom is 0.336 e. The van der Waals surface area contributed by atoms with Gasteiger partial charge < -0.3 is 14.9 Å². The predicted octanol–water partition coefficient (Wildman–Crippen LogP) is 2.62. The van der Waals surface area contributed by atoms with Crippen molar-refractivity contribution in [1.82, 2.24) is 4.90 Å². The molecule has 114 valence electrons. The van der Waals surface area contributed by atoms with Crippen LogP contribution in [0.4, 0.5) is 5.69 Å². The summed E-state index contributed by atoms with van der Waals surface area (Å²) in [6.07, 6.45) is 5.94. The van der Waals surface area contributed by atoms with Gasteiger partial charge in [0.15, 0.2) is 0 Å². The molecule has 1 saturated heterocycles. The van der Waals surface area contributed by atoms with E-state index in [0.717, 1.165) is 43.7 Å². The van der Waals surface area contributed by atoms with Crippen LogP contribution in [0, 0.1) is 0 Å². The monoisotopic (exact) mass is 288 g/mol. The number of carboxylic acids is 1. The Morgan fingerprint density at radius 3 is 2.62 bits per heavy atom. The van der Waals surface area contributed by atoms with Crippen LogP contribution in [-0.4, -0.2) is 48.7 Å². The maximum absolute atomic E-state index is 11.4. The summed E-state index contributed by atoms with van der Waals surface area (Å²) in [5, 5.41) is 9.33. The van der Waals surface area contributed by atoms with Crippen LogP contribution >= 0.6 is 0 Å². The highest BCUT2D eigenvalue weighted by Crippen LogP contribution is 2.29. The van der Waals surface area contributed by atoms with Gasteiger partial charge >= 0.3 is 5.97 Å². The van der Waals surface area contributed by atoms with E-state index in [0.29, 0.717) is 5.56 Å². The molecule has 0 atom stereocenters. The van der Waals surface area contributed by atoms with Gasteiger partial charge in [-0.2, -0.15) is 0 Å². The van der Waals surface area contributed by atoms with Crippen molar-refractivity contribution in [3.05, 3.63) is 29.3 Å². The number of carboxylic acid groups (broad SMARTS) is 1. The van der Waals surface area contributed by atoms with Crippen LogP contribution in [-0.2, 0) is 6.42 Å². The molecule has 0 spiro atoms. The number of fused-ring (bicyclic) bond motifs is 1. The van der Waals surface area contributed by atoms with Crippen LogP contribution in [0.5, 0.6) is 0 Å². The summed E-state index contributed by atoms with van der Waals surface area (Å²) in [6, 6.07) is 5.69. The summed E-state index contributed by atoms with van der Waals surface area (Å²) in [5.41, 5.74) is 2.64. The molecule has 2 heterocycles. The van der Waals surface area contributed by atoms with Crippen LogP contribution in [0.25, 0.3) is 0 Å². The number of hydrogen-bond donors (Lipinski definition) is 1. The summed E-state index contributed by atoms with van der Waals surface area (Å²) < 4.78 is 0. The molecule has 0 saturated carbocycles. The number of benzene rings is 1. The Morgan fingerprint density at radius 2 is 1.86 bits per heavy atom. The molecule has 21 heavy (non-hydrogen) atoms. The molecule has 1 N–H and O–H groups in total. The minimum atomic E-state index is -0.801. The highest BCUT2D eigenvalue weighted by molar-refractivity contribution is 5.91. The van der Waals surface area contributed by atoms with E-state index in [9.17, 15) is 9.90 Å². The summed E-state index contributed by atoms with van der Waals surface area (Å²) in [4.78, 5) is 16.3. The average molecular weight is 288 g/mol. The number of likely N-dealkylation sites (tertiary alicyclic amines) is 1. The number of piperidine rings is 1. The van der Waals surface area contributed by atoms with Crippen molar-refractivity contribution >= 4 is 11.7 Å². The molecule has 2 aliphatic rings. The maximum atomic E-state index is 11.4. The lowest BCUT2D eigenvalue weighted by atomic mass is 9.96. The summed E-state index contributed by atoms with van der Waals surface area (Å²) in [5.74, 6) is -0.801. The summed E-state index contributed by atoms with van der Waals surface area (Å²) in [7, 11) is 0. The number of rotatable bonds is 4. The average Bonchev–Trinajstić information content (AvgIpc) is 2.53. The Hall–Kier alpha value is -1.55. The smallest absolute Gasteiger partial charge is 0.336 e. The summed E-state index contributed by atoms with van der Waals surface area (Å²) in [6.45, 7) is 5.59. The normalized spacial score (nSPS) is 19.3. The molecule has 0 unspecified atom stereocenters. The fourth-order valence-electron chi connectivity index (χ4n) is 3.58. The lowest BCUT2D eigenvalue weighted by Gasteiger charge is -2.35. The van der Waals surface area contributed by atoms with Crippen molar-refractivity contribution in [3.63, 3.8) is 0 Å². The molecule has 2 aliphatic heterocycles. The highest BCUT2D eigenvalue weighted by Gasteiger charge is 2.22. The Balaban J connectivity index is 1.71.